The molecule has 0 rings (SSSR count). The minimum atomic E-state index is -0.349. The van der Waals surface area contributed by atoms with Gasteiger partial charge in [-0.25, -0.2) is 0 Å². The SMILES string of the molecule is CON=CCN[C@@H](CCCCN)C(N)=O. The van der Waals surface area contributed by atoms with Crippen LogP contribution in [0.3, 0.4) is 0 Å². The van der Waals surface area contributed by atoms with E-state index in [0.717, 1.165) is 12.8 Å². The molecule has 0 aliphatic rings. The molecule has 0 heterocycles. The molecule has 6 heteroatoms. The minimum Gasteiger partial charge on any atom is -0.399 e. The number of carbonyl (C=O) groups excluding carboxylic acids is 1. The van der Waals surface area contributed by atoms with E-state index in [1.54, 1.807) is 6.21 Å². The van der Waals surface area contributed by atoms with Gasteiger partial charge in [-0.1, -0.05) is 11.6 Å². The molecule has 5 N–H and O–H groups in total. The second-order valence-electron chi connectivity index (χ2n) is 3.12. The summed E-state index contributed by atoms with van der Waals surface area (Å²) in [6.45, 7) is 1.10. The zero-order chi connectivity index (χ0) is 11.5. The Balaban J connectivity index is 3.73. The molecule has 15 heavy (non-hydrogen) atoms. The summed E-state index contributed by atoms with van der Waals surface area (Å²) in [5.74, 6) is -0.349. The van der Waals surface area contributed by atoms with Crippen LogP contribution in [0.1, 0.15) is 19.3 Å². The fraction of sp³-hybridized carbons (Fsp3) is 0.778. The Hall–Kier alpha value is -1.14. The molecule has 1 amide bonds. The first-order valence-corrected chi connectivity index (χ1v) is 5.00. The molecule has 0 aliphatic heterocycles. The highest BCUT2D eigenvalue weighted by atomic mass is 16.6. The maximum Gasteiger partial charge on any atom is 0.234 e. The van der Waals surface area contributed by atoms with Crippen LogP contribution in [0.25, 0.3) is 0 Å². The van der Waals surface area contributed by atoms with E-state index in [4.69, 9.17) is 11.5 Å². The summed E-state index contributed by atoms with van der Waals surface area (Å²) in [5, 5.41) is 6.51. The van der Waals surface area contributed by atoms with Crippen LogP contribution in [0.5, 0.6) is 0 Å². The van der Waals surface area contributed by atoms with Gasteiger partial charge in [-0.05, 0) is 19.4 Å². The molecule has 0 aromatic heterocycles. The molecule has 0 saturated carbocycles. The van der Waals surface area contributed by atoms with Crippen LogP contribution in [0.4, 0.5) is 0 Å². The van der Waals surface area contributed by atoms with Gasteiger partial charge in [0.25, 0.3) is 0 Å². The van der Waals surface area contributed by atoms with Gasteiger partial charge < -0.3 is 21.6 Å². The summed E-state index contributed by atoms with van der Waals surface area (Å²) in [7, 11) is 1.46. The van der Waals surface area contributed by atoms with Crippen molar-refractivity contribution in [1.82, 2.24) is 5.32 Å². The van der Waals surface area contributed by atoms with Gasteiger partial charge >= 0.3 is 0 Å². The van der Waals surface area contributed by atoms with E-state index < -0.39 is 0 Å². The van der Waals surface area contributed by atoms with Crippen LogP contribution in [0, 0.1) is 0 Å². The maximum atomic E-state index is 11.0. The van der Waals surface area contributed by atoms with E-state index in [9.17, 15) is 4.79 Å². The molecular formula is C9H20N4O2. The Kier molecular flexibility index (Phi) is 8.70. The van der Waals surface area contributed by atoms with Crippen molar-refractivity contribution in [2.45, 2.75) is 25.3 Å². The lowest BCUT2D eigenvalue weighted by atomic mass is 10.1. The molecule has 1 atom stereocenters. The third-order valence-corrected chi connectivity index (χ3v) is 1.93. The third-order valence-electron chi connectivity index (χ3n) is 1.93. The highest BCUT2D eigenvalue weighted by molar-refractivity contribution is 5.80. The van der Waals surface area contributed by atoms with Gasteiger partial charge in [-0.15, -0.1) is 0 Å². The van der Waals surface area contributed by atoms with Gasteiger partial charge in [0.1, 0.15) is 7.11 Å². The number of amides is 1. The Morgan fingerprint density at radius 3 is 2.87 bits per heavy atom. The first kappa shape index (κ1) is 13.9. The largest absolute Gasteiger partial charge is 0.399 e. The van der Waals surface area contributed by atoms with Crippen molar-refractivity contribution in [2.24, 2.45) is 16.6 Å². The van der Waals surface area contributed by atoms with Crippen LogP contribution < -0.4 is 16.8 Å². The summed E-state index contributed by atoms with van der Waals surface area (Å²) < 4.78 is 0. The number of oxime groups is 1. The van der Waals surface area contributed by atoms with E-state index in [1.165, 1.54) is 7.11 Å². The predicted octanol–water partition coefficient (Wildman–Crippen LogP) is -0.809. The first-order valence-electron chi connectivity index (χ1n) is 5.00. The zero-order valence-electron chi connectivity index (χ0n) is 9.11. The van der Waals surface area contributed by atoms with E-state index in [2.05, 4.69) is 15.3 Å². The number of nitrogens with one attached hydrogen (secondary N) is 1. The van der Waals surface area contributed by atoms with Crippen molar-refractivity contribution in [3.8, 4) is 0 Å². The minimum absolute atomic E-state index is 0.320. The van der Waals surface area contributed by atoms with Crippen molar-refractivity contribution in [2.75, 3.05) is 20.2 Å². The second kappa shape index (κ2) is 9.42. The summed E-state index contributed by atoms with van der Waals surface area (Å²) in [6.07, 6.45) is 4.03. The lowest BCUT2D eigenvalue weighted by Gasteiger charge is -2.13. The van der Waals surface area contributed by atoms with Crippen molar-refractivity contribution < 1.29 is 9.63 Å². The fourth-order valence-electron chi connectivity index (χ4n) is 1.14. The molecular weight excluding hydrogens is 196 g/mol. The van der Waals surface area contributed by atoms with Crippen molar-refractivity contribution >= 4 is 12.1 Å². The average molecular weight is 216 g/mol. The molecule has 0 saturated heterocycles. The molecule has 0 fully saturated rings. The summed E-state index contributed by atoms with van der Waals surface area (Å²) in [6, 6.07) is -0.320. The molecule has 0 aromatic carbocycles. The third kappa shape index (κ3) is 7.90. The fourth-order valence-corrected chi connectivity index (χ4v) is 1.14. The van der Waals surface area contributed by atoms with Crippen molar-refractivity contribution in [1.29, 1.82) is 0 Å². The molecule has 0 aliphatic carbocycles. The van der Waals surface area contributed by atoms with Crippen LogP contribution in [-0.4, -0.2) is 38.4 Å². The van der Waals surface area contributed by atoms with Gasteiger partial charge in [-0.2, -0.15) is 0 Å². The highest BCUT2D eigenvalue weighted by Crippen LogP contribution is 1.99. The zero-order valence-corrected chi connectivity index (χ0v) is 9.11. The van der Waals surface area contributed by atoms with E-state index >= 15 is 0 Å². The van der Waals surface area contributed by atoms with Gasteiger partial charge in [0, 0.05) is 6.54 Å². The number of rotatable bonds is 9. The van der Waals surface area contributed by atoms with Gasteiger partial charge in [0.2, 0.25) is 5.91 Å². The van der Waals surface area contributed by atoms with E-state index in [0.29, 0.717) is 19.5 Å². The number of nitrogens with two attached hydrogens (primary N) is 2. The van der Waals surface area contributed by atoms with Crippen LogP contribution in [-0.2, 0) is 9.63 Å². The Labute approximate surface area is 90.0 Å². The normalized spacial score (nSPS) is 12.9. The van der Waals surface area contributed by atoms with Crippen LogP contribution in [0.2, 0.25) is 0 Å². The Bertz CT molecular complexity index is 197. The molecule has 0 aromatic rings. The van der Waals surface area contributed by atoms with Crippen LogP contribution in [0.15, 0.2) is 5.16 Å². The van der Waals surface area contributed by atoms with Crippen molar-refractivity contribution in [3.63, 3.8) is 0 Å². The smallest absolute Gasteiger partial charge is 0.234 e. The molecule has 0 bridgehead atoms. The number of hydrogen-bond acceptors (Lipinski definition) is 5. The number of nitrogens with zero attached hydrogens (tertiary/aromatic N) is 1. The molecule has 88 valence electrons. The summed E-state index contributed by atoms with van der Waals surface area (Å²) >= 11 is 0. The number of carbonyl (C=O) groups is 1. The lowest BCUT2D eigenvalue weighted by molar-refractivity contribution is -0.120. The van der Waals surface area contributed by atoms with Gasteiger partial charge in [-0.3, -0.25) is 4.79 Å². The van der Waals surface area contributed by atoms with Crippen LogP contribution >= 0.6 is 0 Å². The molecule has 6 nitrogen and oxygen atoms in total. The number of hydrogen-bond donors (Lipinski definition) is 3. The quantitative estimate of drug-likeness (QED) is 0.266. The molecule has 0 spiro atoms. The Morgan fingerprint density at radius 2 is 2.33 bits per heavy atom. The van der Waals surface area contributed by atoms with Gasteiger partial charge in [0.05, 0.1) is 12.3 Å². The second-order valence-corrected chi connectivity index (χ2v) is 3.12. The summed E-state index contributed by atoms with van der Waals surface area (Å²) in [4.78, 5) is 15.5. The molecule has 0 radical (unpaired) electrons. The Morgan fingerprint density at radius 1 is 1.60 bits per heavy atom. The maximum absolute atomic E-state index is 11.0. The monoisotopic (exact) mass is 216 g/mol. The lowest BCUT2D eigenvalue weighted by Crippen LogP contribution is -2.42. The number of primary amides is 1. The predicted molar refractivity (Wildman–Crippen MR) is 59.4 cm³/mol. The van der Waals surface area contributed by atoms with Crippen molar-refractivity contribution in [3.05, 3.63) is 0 Å². The first-order chi connectivity index (χ1) is 7.22. The standard InChI is InChI=1S/C9H20N4O2/c1-15-13-7-6-12-8(9(11)14)4-2-3-5-10/h7-8,12H,2-6,10H2,1H3,(H2,11,14)/t8-/m0/s1. The average Bonchev–Trinajstić information content (AvgIpc) is 2.21. The topological polar surface area (TPSA) is 103 Å². The van der Waals surface area contributed by atoms with Gasteiger partial charge in [0.15, 0.2) is 0 Å². The van der Waals surface area contributed by atoms with E-state index in [1.807, 2.05) is 0 Å². The summed E-state index contributed by atoms with van der Waals surface area (Å²) in [5.41, 5.74) is 10.6. The number of unbranched alkanes of at least 4 members (excludes halogenated alkanes) is 1. The van der Waals surface area contributed by atoms with E-state index in [-0.39, 0.29) is 11.9 Å². The highest BCUT2D eigenvalue weighted by Gasteiger charge is 2.12. The molecule has 0 unspecified atom stereocenters.